The van der Waals surface area contributed by atoms with Crippen molar-refractivity contribution in [2.45, 2.75) is 6.42 Å². The second kappa shape index (κ2) is 1.43. The number of esters is 1. The van der Waals surface area contributed by atoms with Gasteiger partial charge in [0.1, 0.15) is 0 Å². The Morgan fingerprint density at radius 3 is 2.50 bits per heavy atom. The normalized spacial score (nSPS) is 19.2. The van der Waals surface area contributed by atoms with Crippen molar-refractivity contribution >= 4 is 11.9 Å². The number of nitrogens with one attached hydrogen (secondary N) is 1. The molecule has 1 saturated heterocycles. The Labute approximate surface area is 46.5 Å². The Kier molecular flexibility index (Phi) is 0.901. The van der Waals surface area contributed by atoms with Gasteiger partial charge < -0.3 is 4.74 Å². The van der Waals surface area contributed by atoms with E-state index in [0.29, 0.717) is 5.57 Å². The molecule has 0 unspecified atom stereocenters. The number of carbonyl (C=O) groups excluding carboxylic acids is 1. The first-order chi connectivity index (χ1) is 3.70. The van der Waals surface area contributed by atoms with Crippen LogP contribution < -0.4 is 0 Å². The highest BCUT2D eigenvalue weighted by molar-refractivity contribution is 6.06. The average molecular weight is 111 g/mol. The molecule has 1 aliphatic heterocycles. The van der Waals surface area contributed by atoms with E-state index in [1.54, 1.807) is 0 Å². The largest absolute Gasteiger partial charge is 0.408 e. The van der Waals surface area contributed by atoms with Gasteiger partial charge in [0.25, 0.3) is 0 Å². The first-order valence-electron chi connectivity index (χ1n) is 2.17. The van der Waals surface area contributed by atoms with Crippen molar-refractivity contribution in [1.82, 2.24) is 0 Å². The van der Waals surface area contributed by atoms with Gasteiger partial charge in [-0.1, -0.05) is 6.58 Å². The van der Waals surface area contributed by atoms with Crippen LogP contribution in [-0.2, 0) is 9.53 Å². The van der Waals surface area contributed by atoms with Crippen molar-refractivity contribution in [1.29, 1.82) is 5.41 Å². The lowest BCUT2D eigenvalue weighted by Crippen LogP contribution is -1.95. The molecule has 0 amide bonds. The van der Waals surface area contributed by atoms with Gasteiger partial charge >= 0.3 is 5.97 Å². The van der Waals surface area contributed by atoms with Crippen LogP contribution in [0, 0.1) is 5.41 Å². The molecule has 0 aromatic carbocycles. The molecule has 3 heteroatoms. The fourth-order valence-electron chi connectivity index (χ4n) is 0.486. The van der Waals surface area contributed by atoms with E-state index in [1.165, 1.54) is 0 Å². The van der Waals surface area contributed by atoms with E-state index in [-0.39, 0.29) is 12.3 Å². The van der Waals surface area contributed by atoms with Crippen molar-refractivity contribution in [3.8, 4) is 0 Å². The Balaban J connectivity index is 2.79. The van der Waals surface area contributed by atoms with Gasteiger partial charge in [-0.25, -0.2) is 4.79 Å². The third-order valence-electron chi connectivity index (χ3n) is 0.879. The van der Waals surface area contributed by atoms with Gasteiger partial charge in [0.2, 0.25) is 0 Å². The number of rotatable bonds is 0. The predicted octanol–water partition coefficient (Wildman–Crippen LogP) is 0.467. The molecular formula is C5H5NO2. The molecule has 0 aromatic rings. The SMILES string of the molecule is C=C1CC(=N)OC1=O. The van der Waals surface area contributed by atoms with Crippen molar-refractivity contribution in [2.75, 3.05) is 0 Å². The molecule has 1 aliphatic rings. The number of hydrogen-bond acceptors (Lipinski definition) is 3. The maximum absolute atomic E-state index is 10.3. The number of hydrogen-bond donors (Lipinski definition) is 1. The lowest BCUT2D eigenvalue weighted by Gasteiger charge is -1.83. The van der Waals surface area contributed by atoms with E-state index in [0.717, 1.165) is 0 Å². The van der Waals surface area contributed by atoms with Crippen LogP contribution in [-0.4, -0.2) is 11.9 Å². The fourth-order valence-corrected chi connectivity index (χ4v) is 0.486. The minimum atomic E-state index is -0.463. The van der Waals surface area contributed by atoms with Gasteiger partial charge in [0.15, 0.2) is 5.90 Å². The molecule has 0 bridgehead atoms. The van der Waals surface area contributed by atoms with E-state index in [4.69, 9.17) is 5.41 Å². The number of cyclic esters (lactones) is 1. The van der Waals surface area contributed by atoms with E-state index < -0.39 is 5.97 Å². The summed E-state index contributed by atoms with van der Waals surface area (Å²) in [5, 5.41) is 6.81. The summed E-state index contributed by atoms with van der Waals surface area (Å²) in [4.78, 5) is 10.3. The zero-order valence-electron chi connectivity index (χ0n) is 4.23. The second-order valence-electron chi connectivity index (χ2n) is 1.59. The topological polar surface area (TPSA) is 50.1 Å². The van der Waals surface area contributed by atoms with Crippen molar-refractivity contribution in [3.63, 3.8) is 0 Å². The van der Waals surface area contributed by atoms with Gasteiger partial charge in [-0.3, -0.25) is 5.41 Å². The molecular weight excluding hydrogens is 106 g/mol. The Morgan fingerprint density at radius 1 is 1.75 bits per heavy atom. The standard InChI is InChI=1S/C5H5NO2/c1-3-2-4(6)8-5(3)7/h6H,1-2H2. The first-order valence-corrected chi connectivity index (χ1v) is 2.17. The van der Waals surface area contributed by atoms with E-state index in [1.807, 2.05) is 0 Å². The fraction of sp³-hybridized carbons (Fsp3) is 0.200. The van der Waals surface area contributed by atoms with Crippen LogP contribution >= 0.6 is 0 Å². The van der Waals surface area contributed by atoms with Gasteiger partial charge in [-0.05, 0) is 0 Å². The molecule has 0 aliphatic carbocycles. The summed E-state index contributed by atoms with van der Waals surface area (Å²) in [6.07, 6.45) is 0.277. The van der Waals surface area contributed by atoms with Crippen molar-refractivity contribution in [2.24, 2.45) is 0 Å². The molecule has 8 heavy (non-hydrogen) atoms. The minimum Gasteiger partial charge on any atom is -0.408 e. The second-order valence-corrected chi connectivity index (χ2v) is 1.59. The minimum absolute atomic E-state index is 0.000000000000000222. The monoisotopic (exact) mass is 111 g/mol. The molecule has 1 heterocycles. The molecule has 0 aromatic heterocycles. The summed E-state index contributed by atoms with van der Waals surface area (Å²) in [5.41, 5.74) is 0.370. The highest BCUT2D eigenvalue weighted by Gasteiger charge is 2.21. The van der Waals surface area contributed by atoms with E-state index in [9.17, 15) is 4.79 Å². The summed E-state index contributed by atoms with van der Waals surface area (Å²) in [7, 11) is 0. The van der Waals surface area contributed by atoms with Crippen molar-refractivity contribution < 1.29 is 9.53 Å². The molecule has 1 fully saturated rings. The summed E-state index contributed by atoms with van der Waals surface area (Å²) in [5.74, 6) is -0.463. The quantitative estimate of drug-likeness (QED) is 0.365. The molecule has 0 radical (unpaired) electrons. The lowest BCUT2D eigenvalue weighted by atomic mass is 10.3. The van der Waals surface area contributed by atoms with Crippen LogP contribution in [0.3, 0.4) is 0 Å². The molecule has 0 spiro atoms. The lowest BCUT2D eigenvalue weighted by molar-refractivity contribution is -0.129. The maximum Gasteiger partial charge on any atom is 0.340 e. The summed E-state index contributed by atoms with van der Waals surface area (Å²) < 4.78 is 4.32. The molecule has 3 nitrogen and oxygen atoms in total. The van der Waals surface area contributed by atoms with Gasteiger partial charge in [-0.2, -0.15) is 0 Å². The van der Waals surface area contributed by atoms with Crippen molar-refractivity contribution in [3.05, 3.63) is 12.2 Å². The third-order valence-corrected chi connectivity index (χ3v) is 0.879. The molecule has 1 N–H and O–H groups in total. The van der Waals surface area contributed by atoms with Gasteiger partial charge in [0.05, 0.1) is 6.42 Å². The Hall–Kier alpha value is -1.12. The van der Waals surface area contributed by atoms with Crippen LogP contribution in [0.4, 0.5) is 0 Å². The first kappa shape index (κ1) is 5.03. The van der Waals surface area contributed by atoms with Gasteiger partial charge in [0, 0.05) is 5.57 Å². The molecule has 1 rings (SSSR count). The Bertz CT molecular complexity index is 153. The number of carbonyl (C=O) groups is 1. The highest BCUT2D eigenvalue weighted by atomic mass is 16.5. The van der Waals surface area contributed by atoms with Crippen LogP contribution in [0.2, 0.25) is 0 Å². The molecule has 0 saturated carbocycles. The van der Waals surface area contributed by atoms with Crippen LogP contribution in [0.5, 0.6) is 0 Å². The van der Waals surface area contributed by atoms with E-state index >= 15 is 0 Å². The summed E-state index contributed by atoms with van der Waals surface area (Å²) in [6.45, 7) is 3.37. The molecule has 42 valence electrons. The zero-order valence-corrected chi connectivity index (χ0v) is 4.23. The zero-order chi connectivity index (χ0) is 6.15. The number of ether oxygens (including phenoxy) is 1. The van der Waals surface area contributed by atoms with Gasteiger partial charge in [-0.15, -0.1) is 0 Å². The van der Waals surface area contributed by atoms with Crippen LogP contribution in [0.25, 0.3) is 0 Å². The predicted molar refractivity (Wildman–Crippen MR) is 27.6 cm³/mol. The average Bonchev–Trinajstić information content (AvgIpc) is 1.85. The Morgan fingerprint density at radius 2 is 2.38 bits per heavy atom. The van der Waals surface area contributed by atoms with Crippen LogP contribution in [0.1, 0.15) is 6.42 Å². The maximum atomic E-state index is 10.3. The summed E-state index contributed by atoms with van der Waals surface area (Å²) >= 11 is 0. The van der Waals surface area contributed by atoms with E-state index in [2.05, 4.69) is 11.3 Å². The third kappa shape index (κ3) is 0.621. The smallest absolute Gasteiger partial charge is 0.340 e. The highest BCUT2D eigenvalue weighted by Crippen LogP contribution is 2.11. The van der Waals surface area contributed by atoms with Crippen LogP contribution in [0.15, 0.2) is 12.2 Å². The summed E-state index contributed by atoms with van der Waals surface area (Å²) in [6, 6.07) is 0. The molecule has 0 atom stereocenters.